The third-order valence-electron chi connectivity index (χ3n) is 4.07. The van der Waals surface area contributed by atoms with E-state index in [4.69, 9.17) is 15.1 Å². The van der Waals surface area contributed by atoms with Gasteiger partial charge < -0.3 is 10.4 Å². The fraction of sp³-hybridized carbons (Fsp3) is 0.222. The smallest absolute Gasteiger partial charge is 0.152 e. The van der Waals surface area contributed by atoms with Gasteiger partial charge in [-0.1, -0.05) is 24.3 Å². The maximum Gasteiger partial charge on any atom is 0.152 e. The van der Waals surface area contributed by atoms with Crippen molar-refractivity contribution in [3.63, 3.8) is 0 Å². The molecule has 0 aliphatic carbocycles. The second-order valence-electron chi connectivity index (χ2n) is 5.73. The molecule has 0 unspecified atom stereocenters. The number of aliphatic hydroxyl groups excluding tert-OH is 1. The van der Waals surface area contributed by atoms with Crippen molar-refractivity contribution in [2.75, 3.05) is 11.9 Å². The number of nitrogens with zero attached hydrogens (tertiary/aromatic N) is 5. The fourth-order valence-corrected chi connectivity index (χ4v) is 2.83. The van der Waals surface area contributed by atoms with Gasteiger partial charge in [0.15, 0.2) is 5.82 Å². The van der Waals surface area contributed by atoms with Crippen LogP contribution in [-0.2, 0) is 13.0 Å². The van der Waals surface area contributed by atoms with Gasteiger partial charge in [-0.2, -0.15) is 0 Å². The van der Waals surface area contributed by atoms with Gasteiger partial charge in [0.05, 0.1) is 35.4 Å². The average molecular weight is 334 g/mol. The van der Waals surface area contributed by atoms with Crippen LogP contribution in [0.25, 0.3) is 22.1 Å². The van der Waals surface area contributed by atoms with E-state index in [9.17, 15) is 0 Å². The van der Waals surface area contributed by atoms with Crippen molar-refractivity contribution in [2.24, 2.45) is 0 Å². The van der Waals surface area contributed by atoms with Crippen molar-refractivity contribution < 1.29 is 5.11 Å². The van der Waals surface area contributed by atoms with Crippen molar-refractivity contribution in [3.05, 3.63) is 48.2 Å². The Balaban J connectivity index is 1.71. The van der Waals surface area contributed by atoms with E-state index in [2.05, 4.69) is 22.6 Å². The molecule has 0 aliphatic heterocycles. The van der Waals surface area contributed by atoms with Gasteiger partial charge in [-0.05, 0) is 36.8 Å². The van der Waals surface area contributed by atoms with Gasteiger partial charge in [0, 0.05) is 5.69 Å². The number of aromatic nitrogens is 5. The molecule has 7 nitrogen and oxygen atoms in total. The SMILES string of the molecule is CCc1nc2ccccc2nc1Nc1ccc2c(c1)nnn2CCO. The van der Waals surface area contributed by atoms with E-state index < -0.39 is 0 Å². The van der Waals surface area contributed by atoms with E-state index in [-0.39, 0.29) is 6.61 Å². The molecule has 2 aromatic carbocycles. The van der Waals surface area contributed by atoms with Crippen LogP contribution in [0.5, 0.6) is 0 Å². The Labute approximate surface area is 144 Å². The maximum atomic E-state index is 9.08. The van der Waals surface area contributed by atoms with Gasteiger partial charge >= 0.3 is 0 Å². The molecule has 0 aliphatic rings. The molecule has 0 saturated carbocycles. The highest BCUT2D eigenvalue weighted by atomic mass is 16.3. The predicted octanol–water partition coefficient (Wildman–Crippen LogP) is 2.67. The van der Waals surface area contributed by atoms with Gasteiger partial charge in [0.25, 0.3) is 0 Å². The molecule has 4 aromatic rings. The summed E-state index contributed by atoms with van der Waals surface area (Å²) in [7, 11) is 0. The second kappa shape index (κ2) is 6.45. The summed E-state index contributed by atoms with van der Waals surface area (Å²) in [5, 5.41) is 20.6. The molecule has 7 heteroatoms. The summed E-state index contributed by atoms with van der Waals surface area (Å²) < 4.78 is 1.69. The number of hydrogen-bond acceptors (Lipinski definition) is 6. The number of aryl methyl sites for hydroxylation is 1. The van der Waals surface area contributed by atoms with Crippen molar-refractivity contribution in [2.45, 2.75) is 19.9 Å². The molecule has 2 N–H and O–H groups in total. The highest BCUT2D eigenvalue weighted by molar-refractivity contribution is 5.81. The summed E-state index contributed by atoms with van der Waals surface area (Å²) >= 11 is 0. The van der Waals surface area contributed by atoms with E-state index in [1.807, 2.05) is 42.5 Å². The molecule has 0 fully saturated rings. The molecule has 0 atom stereocenters. The van der Waals surface area contributed by atoms with Crippen LogP contribution in [0.4, 0.5) is 11.5 Å². The standard InChI is InChI=1S/C18H18N6O/c1-2-13-18(21-15-6-4-3-5-14(15)20-13)19-12-7-8-17-16(11-12)22-23-24(17)9-10-25/h3-8,11,25H,2,9-10H2,1H3,(H,19,21). The summed E-state index contributed by atoms with van der Waals surface area (Å²) in [6, 6.07) is 13.7. The monoisotopic (exact) mass is 334 g/mol. The lowest BCUT2D eigenvalue weighted by Gasteiger charge is -2.11. The largest absolute Gasteiger partial charge is 0.394 e. The Kier molecular flexibility index (Phi) is 3.99. The van der Waals surface area contributed by atoms with Gasteiger partial charge in [-0.15, -0.1) is 5.10 Å². The predicted molar refractivity (Wildman–Crippen MR) is 96.8 cm³/mol. The number of fused-ring (bicyclic) bond motifs is 2. The van der Waals surface area contributed by atoms with Gasteiger partial charge in [0.1, 0.15) is 5.52 Å². The third-order valence-corrected chi connectivity index (χ3v) is 4.07. The summed E-state index contributed by atoms with van der Waals surface area (Å²) in [6.45, 7) is 2.53. The Morgan fingerprint density at radius 3 is 2.60 bits per heavy atom. The normalized spacial score (nSPS) is 11.3. The molecular formula is C18H18N6O. The number of nitrogens with one attached hydrogen (secondary N) is 1. The lowest BCUT2D eigenvalue weighted by molar-refractivity contribution is 0.270. The van der Waals surface area contributed by atoms with Crippen LogP contribution < -0.4 is 5.32 Å². The van der Waals surface area contributed by atoms with E-state index in [0.29, 0.717) is 6.54 Å². The average Bonchev–Trinajstić information content (AvgIpc) is 3.04. The number of para-hydroxylation sites is 2. The minimum Gasteiger partial charge on any atom is -0.394 e. The quantitative estimate of drug-likeness (QED) is 0.583. The first-order chi connectivity index (χ1) is 12.3. The van der Waals surface area contributed by atoms with E-state index in [1.165, 1.54) is 0 Å². The number of anilines is 2. The summed E-state index contributed by atoms with van der Waals surface area (Å²) in [6.07, 6.45) is 0.787. The first-order valence-corrected chi connectivity index (χ1v) is 8.25. The number of rotatable bonds is 5. The Morgan fingerprint density at radius 1 is 1.04 bits per heavy atom. The number of hydrogen-bond donors (Lipinski definition) is 2. The van der Waals surface area contributed by atoms with Crippen LogP contribution in [0.2, 0.25) is 0 Å². The Morgan fingerprint density at radius 2 is 1.84 bits per heavy atom. The van der Waals surface area contributed by atoms with Gasteiger partial charge in [-0.25, -0.2) is 14.6 Å². The highest BCUT2D eigenvalue weighted by Gasteiger charge is 2.10. The zero-order valence-electron chi connectivity index (χ0n) is 13.8. The second-order valence-corrected chi connectivity index (χ2v) is 5.73. The van der Waals surface area contributed by atoms with Crippen molar-refractivity contribution in [1.82, 2.24) is 25.0 Å². The van der Waals surface area contributed by atoms with E-state index in [0.717, 1.165) is 45.7 Å². The summed E-state index contributed by atoms with van der Waals surface area (Å²) in [5.41, 5.74) is 5.21. The molecule has 0 amide bonds. The van der Waals surface area contributed by atoms with Crippen LogP contribution in [0.1, 0.15) is 12.6 Å². The molecule has 0 spiro atoms. The van der Waals surface area contributed by atoms with Crippen LogP contribution in [0.3, 0.4) is 0 Å². The highest BCUT2D eigenvalue weighted by Crippen LogP contribution is 2.24. The van der Waals surface area contributed by atoms with Gasteiger partial charge in [-0.3, -0.25) is 0 Å². The zero-order valence-corrected chi connectivity index (χ0v) is 13.8. The third kappa shape index (κ3) is 2.89. The first kappa shape index (κ1) is 15.5. The van der Waals surface area contributed by atoms with Crippen molar-refractivity contribution in [3.8, 4) is 0 Å². The van der Waals surface area contributed by atoms with Crippen LogP contribution in [0.15, 0.2) is 42.5 Å². The van der Waals surface area contributed by atoms with Crippen LogP contribution in [-0.4, -0.2) is 36.7 Å². The van der Waals surface area contributed by atoms with Crippen molar-refractivity contribution in [1.29, 1.82) is 0 Å². The van der Waals surface area contributed by atoms with E-state index in [1.54, 1.807) is 4.68 Å². The summed E-state index contributed by atoms with van der Waals surface area (Å²) in [5.74, 6) is 0.753. The summed E-state index contributed by atoms with van der Waals surface area (Å²) in [4.78, 5) is 9.40. The molecule has 0 bridgehead atoms. The topological polar surface area (TPSA) is 88.8 Å². The minimum atomic E-state index is 0.0327. The lowest BCUT2D eigenvalue weighted by Crippen LogP contribution is -2.04. The van der Waals surface area contributed by atoms with Crippen LogP contribution >= 0.6 is 0 Å². The number of aliphatic hydroxyl groups is 1. The van der Waals surface area contributed by atoms with Crippen molar-refractivity contribution >= 4 is 33.6 Å². The minimum absolute atomic E-state index is 0.0327. The molecule has 2 heterocycles. The Hall–Kier alpha value is -3.06. The molecule has 126 valence electrons. The maximum absolute atomic E-state index is 9.08. The van der Waals surface area contributed by atoms with E-state index >= 15 is 0 Å². The van der Waals surface area contributed by atoms with Crippen LogP contribution in [0, 0.1) is 0 Å². The lowest BCUT2D eigenvalue weighted by atomic mass is 10.2. The molecule has 4 rings (SSSR count). The molecule has 0 saturated heterocycles. The molecule has 25 heavy (non-hydrogen) atoms. The van der Waals surface area contributed by atoms with Gasteiger partial charge in [0.2, 0.25) is 0 Å². The molecule has 2 aromatic heterocycles. The molecule has 0 radical (unpaired) electrons. The first-order valence-electron chi connectivity index (χ1n) is 8.25. The Bertz CT molecular complexity index is 1040. The molecular weight excluding hydrogens is 316 g/mol. The number of benzene rings is 2. The fourth-order valence-electron chi connectivity index (χ4n) is 2.83. The zero-order chi connectivity index (χ0) is 17.2.